The molecule has 4 nitrogen and oxygen atoms in total. The van der Waals surface area contributed by atoms with Crippen molar-refractivity contribution >= 4 is 17.3 Å². The van der Waals surface area contributed by atoms with Crippen molar-refractivity contribution in [2.75, 3.05) is 16.8 Å². The van der Waals surface area contributed by atoms with E-state index in [2.05, 4.69) is 45.5 Å². The van der Waals surface area contributed by atoms with E-state index in [4.69, 9.17) is 0 Å². The number of nitrogens with one attached hydrogen (secondary N) is 1. The molecule has 0 bridgehead atoms. The number of carbonyl (C=O) groups excluding carboxylic acids is 1. The zero-order valence-corrected chi connectivity index (χ0v) is 15.7. The number of rotatable bonds is 3. The van der Waals surface area contributed by atoms with Gasteiger partial charge in [0.15, 0.2) is 0 Å². The number of carbonyl (C=O) groups is 1. The molecule has 2 aromatic carbocycles. The predicted octanol–water partition coefficient (Wildman–Crippen LogP) is 4.51. The predicted molar refractivity (Wildman–Crippen MR) is 109 cm³/mol. The van der Waals surface area contributed by atoms with Gasteiger partial charge in [-0.15, -0.1) is 0 Å². The van der Waals surface area contributed by atoms with Gasteiger partial charge in [0.25, 0.3) is 5.91 Å². The SMILES string of the molecule is Cc1cc(C)cc(NC(=O)c2ccc(N3CCc4ccccc4C3)cn2)c1. The molecule has 0 atom stereocenters. The fourth-order valence-corrected chi connectivity index (χ4v) is 3.67. The van der Waals surface area contributed by atoms with Gasteiger partial charge < -0.3 is 10.2 Å². The molecule has 0 fully saturated rings. The highest BCUT2D eigenvalue weighted by atomic mass is 16.1. The van der Waals surface area contributed by atoms with E-state index >= 15 is 0 Å². The molecule has 2 heterocycles. The fraction of sp³-hybridized carbons (Fsp3) is 0.217. The fourth-order valence-electron chi connectivity index (χ4n) is 3.67. The molecular formula is C23H23N3O. The van der Waals surface area contributed by atoms with E-state index in [9.17, 15) is 4.79 Å². The molecule has 1 amide bonds. The second-order valence-electron chi connectivity index (χ2n) is 7.17. The van der Waals surface area contributed by atoms with Gasteiger partial charge in [-0.05, 0) is 66.8 Å². The highest BCUT2D eigenvalue weighted by Crippen LogP contribution is 2.24. The first-order chi connectivity index (χ1) is 13.1. The summed E-state index contributed by atoms with van der Waals surface area (Å²) in [7, 11) is 0. The summed E-state index contributed by atoms with van der Waals surface area (Å²) in [6, 6.07) is 18.4. The minimum Gasteiger partial charge on any atom is -0.366 e. The molecule has 0 saturated heterocycles. The molecule has 0 saturated carbocycles. The second kappa shape index (κ2) is 7.23. The molecular weight excluding hydrogens is 334 g/mol. The molecule has 0 unspecified atom stereocenters. The summed E-state index contributed by atoms with van der Waals surface area (Å²) < 4.78 is 0. The molecule has 4 heteroatoms. The lowest BCUT2D eigenvalue weighted by Gasteiger charge is -2.30. The Balaban J connectivity index is 1.47. The first-order valence-electron chi connectivity index (χ1n) is 9.26. The van der Waals surface area contributed by atoms with Crippen LogP contribution in [0, 0.1) is 13.8 Å². The summed E-state index contributed by atoms with van der Waals surface area (Å²) >= 11 is 0. The monoisotopic (exact) mass is 357 g/mol. The molecule has 0 spiro atoms. The van der Waals surface area contributed by atoms with Crippen molar-refractivity contribution in [1.82, 2.24) is 4.98 Å². The van der Waals surface area contributed by atoms with Crippen LogP contribution in [0.3, 0.4) is 0 Å². The molecule has 136 valence electrons. The Kier molecular flexibility index (Phi) is 4.63. The Hall–Kier alpha value is -3.14. The van der Waals surface area contributed by atoms with Crippen LogP contribution in [0.15, 0.2) is 60.8 Å². The lowest BCUT2D eigenvalue weighted by molar-refractivity contribution is 0.102. The molecule has 27 heavy (non-hydrogen) atoms. The zero-order valence-electron chi connectivity index (χ0n) is 15.7. The van der Waals surface area contributed by atoms with Crippen molar-refractivity contribution in [3.63, 3.8) is 0 Å². The van der Waals surface area contributed by atoms with E-state index in [1.807, 2.05) is 32.0 Å². The highest BCUT2D eigenvalue weighted by molar-refractivity contribution is 6.03. The Morgan fingerprint density at radius 2 is 1.74 bits per heavy atom. The third kappa shape index (κ3) is 3.85. The van der Waals surface area contributed by atoms with E-state index < -0.39 is 0 Å². The zero-order chi connectivity index (χ0) is 18.8. The number of pyridine rings is 1. The third-order valence-corrected chi connectivity index (χ3v) is 4.96. The van der Waals surface area contributed by atoms with Crippen LogP contribution in [0.25, 0.3) is 0 Å². The van der Waals surface area contributed by atoms with Crippen molar-refractivity contribution in [2.24, 2.45) is 0 Å². The standard InChI is InChI=1S/C23H23N3O/c1-16-11-17(2)13-20(12-16)25-23(27)22-8-7-21(14-24-22)26-10-9-18-5-3-4-6-19(18)15-26/h3-8,11-14H,9-10,15H2,1-2H3,(H,25,27). The topological polar surface area (TPSA) is 45.2 Å². The summed E-state index contributed by atoms with van der Waals surface area (Å²) in [4.78, 5) is 19.2. The minimum atomic E-state index is -0.185. The highest BCUT2D eigenvalue weighted by Gasteiger charge is 2.17. The van der Waals surface area contributed by atoms with E-state index in [0.717, 1.165) is 42.0 Å². The van der Waals surface area contributed by atoms with Gasteiger partial charge in [0.2, 0.25) is 0 Å². The van der Waals surface area contributed by atoms with Gasteiger partial charge in [0, 0.05) is 18.8 Å². The molecule has 1 aliphatic heterocycles. The number of hydrogen-bond acceptors (Lipinski definition) is 3. The quantitative estimate of drug-likeness (QED) is 0.750. The summed E-state index contributed by atoms with van der Waals surface area (Å²) in [5.41, 5.74) is 7.31. The first kappa shape index (κ1) is 17.3. The molecule has 1 aliphatic rings. The maximum absolute atomic E-state index is 12.5. The van der Waals surface area contributed by atoms with Gasteiger partial charge in [0.05, 0.1) is 11.9 Å². The van der Waals surface area contributed by atoms with Gasteiger partial charge in [-0.2, -0.15) is 0 Å². The number of benzene rings is 2. The number of anilines is 2. The first-order valence-corrected chi connectivity index (χ1v) is 9.26. The number of hydrogen-bond donors (Lipinski definition) is 1. The van der Waals surface area contributed by atoms with Crippen molar-refractivity contribution in [1.29, 1.82) is 0 Å². The molecule has 0 radical (unpaired) electrons. The maximum Gasteiger partial charge on any atom is 0.274 e. The van der Waals surface area contributed by atoms with Gasteiger partial charge in [-0.3, -0.25) is 4.79 Å². The minimum absolute atomic E-state index is 0.185. The second-order valence-corrected chi connectivity index (χ2v) is 7.17. The van der Waals surface area contributed by atoms with Crippen LogP contribution in [0.2, 0.25) is 0 Å². The number of aromatic nitrogens is 1. The maximum atomic E-state index is 12.5. The van der Waals surface area contributed by atoms with Crippen LogP contribution in [0.5, 0.6) is 0 Å². The van der Waals surface area contributed by atoms with E-state index in [-0.39, 0.29) is 5.91 Å². The third-order valence-electron chi connectivity index (χ3n) is 4.96. The molecule has 1 aromatic heterocycles. The van der Waals surface area contributed by atoms with Crippen LogP contribution in [0.4, 0.5) is 11.4 Å². The molecule has 0 aliphatic carbocycles. The van der Waals surface area contributed by atoms with Gasteiger partial charge in [-0.25, -0.2) is 4.98 Å². The van der Waals surface area contributed by atoms with Gasteiger partial charge in [-0.1, -0.05) is 30.3 Å². The van der Waals surface area contributed by atoms with Crippen molar-refractivity contribution < 1.29 is 4.79 Å². The Labute approximate surface area is 159 Å². The largest absolute Gasteiger partial charge is 0.366 e. The van der Waals surface area contributed by atoms with Crippen LogP contribution >= 0.6 is 0 Å². The average molecular weight is 357 g/mol. The molecule has 4 rings (SSSR count). The lowest BCUT2D eigenvalue weighted by atomic mass is 10.00. The molecule has 1 N–H and O–H groups in total. The summed E-state index contributed by atoms with van der Waals surface area (Å²) in [6.07, 6.45) is 2.83. The van der Waals surface area contributed by atoms with Gasteiger partial charge >= 0.3 is 0 Å². The van der Waals surface area contributed by atoms with Crippen molar-refractivity contribution in [2.45, 2.75) is 26.8 Å². The van der Waals surface area contributed by atoms with Crippen LogP contribution in [-0.2, 0) is 13.0 Å². The number of nitrogens with zero attached hydrogens (tertiary/aromatic N) is 2. The van der Waals surface area contributed by atoms with Crippen LogP contribution < -0.4 is 10.2 Å². The number of amides is 1. The molecule has 3 aromatic rings. The number of fused-ring (bicyclic) bond motifs is 1. The van der Waals surface area contributed by atoms with Crippen LogP contribution in [-0.4, -0.2) is 17.4 Å². The summed E-state index contributed by atoms with van der Waals surface area (Å²) in [5, 5.41) is 2.94. The van der Waals surface area contributed by atoms with Crippen molar-refractivity contribution in [3.05, 3.63) is 88.7 Å². The Morgan fingerprint density at radius 3 is 2.44 bits per heavy atom. The van der Waals surface area contributed by atoms with Crippen LogP contribution in [0.1, 0.15) is 32.7 Å². The number of aryl methyl sites for hydroxylation is 2. The van der Waals surface area contributed by atoms with Gasteiger partial charge in [0.1, 0.15) is 5.69 Å². The Bertz CT molecular complexity index is 959. The van der Waals surface area contributed by atoms with E-state index in [1.54, 1.807) is 12.3 Å². The van der Waals surface area contributed by atoms with E-state index in [0.29, 0.717) is 5.69 Å². The smallest absolute Gasteiger partial charge is 0.274 e. The normalized spacial score (nSPS) is 13.2. The van der Waals surface area contributed by atoms with E-state index in [1.165, 1.54) is 11.1 Å². The summed E-state index contributed by atoms with van der Waals surface area (Å²) in [6.45, 7) is 5.89. The van der Waals surface area contributed by atoms with Crippen molar-refractivity contribution in [3.8, 4) is 0 Å². The Morgan fingerprint density at radius 1 is 1.00 bits per heavy atom. The summed E-state index contributed by atoms with van der Waals surface area (Å²) in [5.74, 6) is -0.185. The average Bonchev–Trinajstić information content (AvgIpc) is 2.67. The lowest BCUT2D eigenvalue weighted by Crippen LogP contribution is -2.30.